The summed E-state index contributed by atoms with van der Waals surface area (Å²) in [6.07, 6.45) is 1.56. The van der Waals surface area contributed by atoms with Crippen molar-refractivity contribution in [3.05, 3.63) is 119 Å². The number of nitrogens with zero attached hydrogens (tertiary/aromatic N) is 1. The summed E-state index contributed by atoms with van der Waals surface area (Å²) in [6.45, 7) is 1.79. The van der Waals surface area contributed by atoms with Crippen molar-refractivity contribution in [3.8, 4) is 28.5 Å². The minimum absolute atomic E-state index is 0.0278. The van der Waals surface area contributed by atoms with Crippen LogP contribution < -0.4 is 30.2 Å². The molecule has 0 bridgehead atoms. The molecule has 0 radical (unpaired) electrons. The number of aromatic nitrogens is 1. The van der Waals surface area contributed by atoms with Gasteiger partial charge in [-0.3, -0.25) is 14.4 Å². The Kier molecular flexibility index (Phi) is 11.7. The molecule has 1 heterocycles. The van der Waals surface area contributed by atoms with E-state index in [0.29, 0.717) is 44.9 Å². The Balaban J connectivity index is 1.26. The highest BCUT2D eigenvalue weighted by Crippen LogP contribution is 2.34. The number of carbonyl (C=O) groups excluding carboxylic acids is 3. The van der Waals surface area contributed by atoms with Gasteiger partial charge in [-0.05, 0) is 67.6 Å². The van der Waals surface area contributed by atoms with E-state index in [0.717, 1.165) is 10.5 Å². The van der Waals surface area contributed by atoms with Crippen LogP contribution in [0.1, 0.15) is 22.8 Å². The van der Waals surface area contributed by atoms with E-state index in [-0.39, 0.29) is 11.6 Å². The first kappa shape index (κ1) is 34.7. The molecule has 0 aliphatic heterocycles. The fraction of sp³-hybridized carbons (Fsp3) is 0.135. The smallest absolute Gasteiger partial charge is 0.272 e. The normalized spacial score (nSPS) is 11.6. The van der Waals surface area contributed by atoms with E-state index in [1.165, 1.54) is 30.2 Å². The van der Waals surface area contributed by atoms with Crippen LogP contribution in [0.2, 0.25) is 0 Å². The Hall–Kier alpha value is -5.59. The highest BCUT2D eigenvalue weighted by Gasteiger charge is 2.19. The minimum atomic E-state index is -0.530. The first-order valence-corrected chi connectivity index (χ1v) is 16.8. The quantitative estimate of drug-likeness (QED) is 0.0862. The summed E-state index contributed by atoms with van der Waals surface area (Å²) >= 11 is 2.65. The number of carbonyl (C=O) groups is 3. The number of nitrogens with one attached hydrogen (secondary N) is 3. The molecular weight excluding hydrogens is 661 g/mol. The number of hydrogen-bond donors (Lipinski definition) is 3. The lowest BCUT2D eigenvalue weighted by Crippen LogP contribution is -2.30. The third-order valence-corrected chi connectivity index (χ3v) is 9.01. The Morgan fingerprint density at radius 1 is 0.796 bits per heavy atom. The zero-order valence-corrected chi connectivity index (χ0v) is 28.8. The maximum atomic E-state index is 13.6. The van der Waals surface area contributed by atoms with E-state index >= 15 is 0 Å². The summed E-state index contributed by atoms with van der Waals surface area (Å²) in [5.74, 6) is 0.557. The van der Waals surface area contributed by atoms with E-state index in [1.807, 2.05) is 35.7 Å². The van der Waals surface area contributed by atoms with Gasteiger partial charge in [-0.1, -0.05) is 42.5 Å². The van der Waals surface area contributed by atoms with Gasteiger partial charge in [0.2, 0.25) is 5.91 Å². The monoisotopic (exact) mass is 694 g/mol. The van der Waals surface area contributed by atoms with Crippen molar-refractivity contribution < 1.29 is 28.6 Å². The largest absolute Gasteiger partial charge is 0.496 e. The fourth-order valence-corrected chi connectivity index (χ4v) is 6.30. The first-order chi connectivity index (χ1) is 23.8. The third-order valence-electron chi connectivity index (χ3n) is 7.16. The summed E-state index contributed by atoms with van der Waals surface area (Å²) in [6, 6.07) is 28.5. The van der Waals surface area contributed by atoms with Gasteiger partial charge in [0.05, 0.1) is 32.3 Å². The Morgan fingerprint density at radius 3 is 2.29 bits per heavy atom. The van der Waals surface area contributed by atoms with Gasteiger partial charge in [-0.2, -0.15) is 0 Å². The van der Waals surface area contributed by atoms with Crippen molar-refractivity contribution in [2.45, 2.75) is 17.1 Å². The molecule has 3 N–H and O–H groups in total. The number of amides is 3. The van der Waals surface area contributed by atoms with Gasteiger partial charge in [0.1, 0.15) is 11.4 Å². The van der Waals surface area contributed by atoms with Crippen molar-refractivity contribution >= 4 is 57.7 Å². The van der Waals surface area contributed by atoms with Crippen molar-refractivity contribution in [1.82, 2.24) is 10.3 Å². The number of benzene rings is 4. The number of methoxy groups -OCH3 is 3. The van der Waals surface area contributed by atoms with Crippen LogP contribution in [0.5, 0.6) is 17.2 Å². The van der Waals surface area contributed by atoms with E-state index in [9.17, 15) is 14.4 Å². The van der Waals surface area contributed by atoms with E-state index < -0.39 is 17.1 Å². The van der Waals surface area contributed by atoms with Gasteiger partial charge in [0, 0.05) is 32.7 Å². The molecule has 1 unspecified atom stereocenters. The van der Waals surface area contributed by atoms with Crippen molar-refractivity contribution in [3.63, 3.8) is 0 Å². The van der Waals surface area contributed by atoms with E-state index in [4.69, 9.17) is 14.2 Å². The van der Waals surface area contributed by atoms with Crippen LogP contribution >= 0.6 is 23.1 Å². The SMILES string of the molecule is COc1ccccc1/C=C(/NC(=O)c1ccccc1)C(=O)Nc1cccc(SC(C)C(=O)Nc2nc(-c3ccc(OC)c(OC)c3)cs2)c1. The summed E-state index contributed by atoms with van der Waals surface area (Å²) in [7, 11) is 4.68. The molecule has 1 atom stereocenters. The number of anilines is 2. The minimum Gasteiger partial charge on any atom is -0.496 e. The first-order valence-electron chi connectivity index (χ1n) is 15.1. The standard InChI is InChI=1S/C37H34N4O6S2/c1-23(34(42)41-37-40-30(22-48-37)25-17-18-32(46-3)33(20-25)47-4)49-28-15-10-14-27(21-28)38-36(44)29(19-26-13-8-9-16-31(26)45-2)39-35(43)24-11-6-5-7-12-24/h5-23H,1-4H3,(H,38,44)(H,39,43)(H,40,41,42)/b29-19+. The van der Waals surface area contributed by atoms with Gasteiger partial charge in [0.25, 0.3) is 11.8 Å². The Bertz CT molecular complexity index is 1980. The lowest BCUT2D eigenvalue weighted by Gasteiger charge is -2.14. The van der Waals surface area contributed by atoms with Crippen molar-refractivity contribution in [2.75, 3.05) is 32.0 Å². The number of thiazole rings is 1. The molecule has 5 rings (SSSR count). The number of hydrogen-bond acceptors (Lipinski definition) is 9. The van der Waals surface area contributed by atoms with Gasteiger partial charge in [0.15, 0.2) is 16.6 Å². The second kappa shape index (κ2) is 16.5. The molecule has 0 spiro atoms. The zero-order valence-electron chi connectivity index (χ0n) is 27.2. The van der Waals surface area contributed by atoms with Crippen LogP contribution in [-0.4, -0.2) is 49.3 Å². The number of ether oxygens (including phenoxy) is 3. The molecule has 3 amide bonds. The average Bonchev–Trinajstić information content (AvgIpc) is 3.60. The second-order valence-corrected chi connectivity index (χ2v) is 12.7. The number of para-hydroxylation sites is 1. The predicted octanol–water partition coefficient (Wildman–Crippen LogP) is 7.36. The maximum Gasteiger partial charge on any atom is 0.272 e. The molecule has 10 nitrogen and oxygen atoms in total. The zero-order chi connectivity index (χ0) is 34.8. The molecule has 1 aromatic heterocycles. The van der Waals surface area contributed by atoms with Gasteiger partial charge in [-0.25, -0.2) is 4.98 Å². The molecule has 12 heteroatoms. The van der Waals surface area contributed by atoms with E-state index in [2.05, 4.69) is 20.9 Å². The lowest BCUT2D eigenvalue weighted by atomic mass is 10.1. The molecule has 4 aromatic carbocycles. The Labute approximate surface area is 292 Å². The maximum absolute atomic E-state index is 13.6. The molecule has 0 fully saturated rings. The molecule has 0 saturated heterocycles. The molecule has 250 valence electrons. The predicted molar refractivity (Wildman–Crippen MR) is 195 cm³/mol. The molecular formula is C37H34N4O6S2. The molecule has 0 saturated carbocycles. The lowest BCUT2D eigenvalue weighted by molar-refractivity contribution is -0.115. The summed E-state index contributed by atoms with van der Waals surface area (Å²) < 4.78 is 16.1. The van der Waals surface area contributed by atoms with Crippen LogP contribution in [0, 0.1) is 0 Å². The van der Waals surface area contributed by atoms with Crippen molar-refractivity contribution in [2.24, 2.45) is 0 Å². The molecule has 0 aliphatic carbocycles. The molecule has 5 aromatic rings. The van der Waals surface area contributed by atoms with Gasteiger partial charge in [-0.15, -0.1) is 23.1 Å². The summed E-state index contributed by atoms with van der Waals surface area (Å²) in [4.78, 5) is 45.1. The number of thioether (sulfide) groups is 1. The molecule has 0 aliphatic rings. The van der Waals surface area contributed by atoms with Gasteiger partial charge < -0.3 is 30.2 Å². The van der Waals surface area contributed by atoms with Crippen LogP contribution in [0.15, 0.2) is 113 Å². The van der Waals surface area contributed by atoms with Crippen molar-refractivity contribution in [1.29, 1.82) is 0 Å². The topological polar surface area (TPSA) is 128 Å². The van der Waals surface area contributed by atoms with Crippen LogP contribution in [0.4, 0.5) is 10.8 Å². The summed E-state index contributed by atoms with van der Waals surface area (Å²) in [5.41, 5.74) is 3.06. The van der Waals surface area contributed by atoms with Crippen LogP contribution in [0.3, 0.4) is 0 Å². The highest BCUT2D eigenvalue weighted by molar-refractivity contribution is 8.00. The molecule has 49 heavy (non-hydrogen) atoms. The van der Waals surface area contributed by atoms with Crippen LogP contribution in [0.25, 0.3) is 17.3 Å². The number of rotatable bonds is 13. The second-order valence-electron chi connectivity index (χ2n) is 10.5. The van der Waals surface area contributed by atoms with Crippen LogP contribution in [-0.2, 0) is 9.59 Å². The highest BCUT2D eigenvalue weighted by atomic mass is 32.2. The van der Waals surface area contributed by atoms with Gasteiger partial charge >= 0.3 is 0 Å². The third kappa shape index (κ3) is 9.06. The average molecular weight is 695 g/mol. The fourth-order valence-electron chi connectivity index (χ4n) is 4.65. The Morgan fingerprint density at radius 2 is 1.53 bits per heavy atom. The van der Waals surface area contributed by atoms with E-state index in [1.54, 1.807) is 93.9 Å². The summed E-state index contributed by atoms with van der Waals surface area (Å²) in [5, 5.41) is 10.4.